The Morgan fingerprint density at radius 3 is 2.46 bits per heavy atom. The van der Waals surface area contributed by atoms with Crippen LogP contribution in [0.1, 0.15) is 42.7 Å². The number of alkyl carbamates (subject to hydrolysis) is 1. The van der Waals surface area contributed by atoms with Gasteiger partial charge in [-0.05, 0) is 45.0 Å². The summed E-state index contributed by atoms with van der Waals surface area (Å²) >= 11 is 0. The second kappa shape index (κ2) is 9.54. The van der Waals surface area contributed by atoms with Crippen molar-refractivity contribution in [3.63, 3.8) is 0 Å². The van der Waals surface area contributed by atoms with Crippen molar-refractivity contribution in [3.8, 4) is 17.2 Å². The average Bonchev–Trinajstić information content (AvgIpc) is 3.22. The Labute approximate surface area is 209 Å². The number of fused-ring (bicyclic) bond motifs is 1. The number of carbonyl (C=O) groups is 2. The number of hydrogen-bond donors (Lipinski definition) is 2. The summed E-state index contributed by atoms with van der Waals surface area (Å²) in [5.74, 6) is -0.196. The largest absolute Gasteiger partial charge is 0.494 e. The smallest absolute Gasteiger partial charge is 0.433 e. The van der Waals surface area contributed by atoms with Gasteiger partial charge in [-0.1, -0.05) is 0 Å². The van der Waals surface area contributed by atoms with Crippen molar-refractivity contribution in [3.05, 3.63) is 41.4 Å². The van der Waals surface area contributed by atoms with Crippen molar-refractivity contribution >= 4 is 22.9 Å². The van der Waals surface area contributed by atoms with E-state index in [-0.39, 0.29) is 54.3 Å². The van der Waals surface area contributed by atoms with Crippen LogP contribution >= 0.6 is 0 Å². The SMILES string of the molecule is COc1ccc(-c2nc(C(=O)N3CC(NC(=O)OC(C)(C)C)C3)c(CN)o2)c2ccc(C(F)(F)F)nc12. The molecule has 0 radical (unpaired) electrons. The number of aromatic nitrogens is 2. The van der Waals surface area contributed by atoms with Crippen LogP contribution in [0.3, 0.4) is 0 Å². The van der Waals surface area contributed by atoms with Crippen LogP contribution in [0, 0.1) is 0 Å². The molecule has 198 valence electrons. The Kier molecular flexibility index (Phi) is 6.76. The molecule has 1 saturated heterocycles. The highest BCUT2D eigenvalue weighted by molar-refractivity contribution is 5.98. The lowest BCUT2D eigenvalue weighted by atomic mass is 10.1. The van der Waals surface area contributed by atoms with Gasteiger partial charge >= 0.3 is 12.3 Å². The van der Waals surface area contributed by atoms with E-state index in [0.29, 0.717) is 10.9 Å². The molecule has 0 aliphatic carbocycles. The lowest BCUT2D eigenvalue weighted by molar-refractivity contribution is -0.140. The van der Waals surface area contributed by atoms with Crippen LogP contribution in [0.4, 0.5) is 18.0 Å². The van der Waals surface area contributed by atoms with E-state index in [1.165, 1.54) is 24.1 Å². The molecule has 0 spiro atoms. The van der Waals surface area contributed by atoms with Gasteiger partial charge in [-0.15, -0.1) is 0 Å². The third-order valence-electron chi connectivity index (χ3n) is 5.54. The molecule has 0 saturated carbocycles. The predicted molar refractivity (Wildman–Crippen MR) is 126 cm³/mol. The van der Waals surface area contributed by atoms with Crippen molar-refractivity contribution in [1.82, 2.24) is 20.2 Å². The van der Waals surface area contributed by atoms with Crippen molar-refractivity contribution in [2.24, 2.45) is 5.73 Å². The van der Waals surface area contributed by atoms with Crippen LogP contribution in [0.2, 0.25) is 0 Å². The molecule has 1 aromatic carbocycles. The van der Waals surface area contributed by atoms with E-state index >= 15 is 0 Å². The predicted octanol–water partition coefficient (Wildman–Crippen LogP) is 3.73. The maximum atomic E-state index is 13.2. The first-order chi connectivity index (χ1) is 17.3. The van der Waals surface area contributed by atoms with E-state index in [1.54, 1.807) is 26.8 Å². The van der Waals surface area contributed by atoms with E-state index in [4.69, 9.17) is 19.6 Å². The molecule has 10 nitrogen and oxygen atoms in total. The second-order valence-electron chi connectivity index (χ2n) is 9.45. The molecule has 1 aliphatic rings. The molecule has 1 aliphatic heterocycles. The molecule has 0 unspecified atom stereocenters. The second-order valence-corrected chi connectivity index (χ2v) is 9.45. The van der Waals surface area contributed by atoms with Crippen LogP contribution in [0.25, 0.3) is 22.4 Å². The number of carbonyl (C=O) groups excluding carboxylic acids is 2. The van der Waals surface area contributed by atoms with Gasteiger partial charge in [-0.25, -0.2) is 14.8 Å². The summed E-state index contributed by atoms with van der Waals surface area (Å²) in [6.07, 6.45) is -5.22. The average molecular weight is 521 g/mol. The monoisotopic (exact) mass is 521 g/mol. The van der Waals surface area contributed by atoms with Gasteiger partial charge in [0.05, 0.1) is 19.7 Å². The normalized spacial score (nSPS) is 14.4. The molecule has 2 amide bonds. The summed E-state index contributed by atoms with van der Waals surface area (Å²) < 4.78 is 55.9. The summed E-state index contributed by atoms with van der Waals surface area (Å²) in [4.78, 5) is 34.5. The molecule has 1 fully saturated rings. The Bertz CT molecular complexity index is 1340. The molecule has 3 heterocycles. The minimum atomic E-state index is -4.64. The number of pyridine rings is 1. The summed E-state index contributed by atoms with van der Waals surface area (Å²) in [6.45, 7) is 5.58. The summed E-state index contributed by atoms with van der Waals surface area (Å²) in [7, 11) is 1.32. The molecule has 0 atom stereocenters. The zero-order valence-electron chi connectivity index (χ0n) is 20.6. The molecular weight excluding hydrogens is 495 g/mol. The summed E-state index contributed by atoms with van der Waals surface area (Å²) in [5, 5.41) is 2.99. The van der Waals surface area contributed by atoms with Crippen molar-refractivity contribution < 1.29 is 36.7 Å². The first kappa shape index (κ1) is 26.2. The fourth-order valence-corrected chi connectivity index (χ4v) is 3.83. The number of hydrogen-bond acceptors (Lipinski definition) is 8. The van der Waals surface area contributed by atoms with Crippen LogP contribution in [-0.2, 0) is 17.5 Å². The topological polar surface area (TPSA) is 133 Å². The number of amides is 2. The molecule has 2 aromatic heterocycles. The number of rotatable bonds is 5. The number of likely N-dealkylation sites (tertiary alicyclic amines) is 1. The Morgan fingerprint density at radius 2 is 1.86 bits per heavy atom. The maximum Gasteiger partial charge on any atom is 0.433 e. The molecular formula is C24H26F3N5O5. The standard InChI is InChI=1S/C24H26F3N5O5/c1-23(2,3)37-22(34)29-12-10-32(11-12)21(33)19-16(9-28)36-20(31-19)14-5-7-15(35-4)18-13(14)6-8-17(30-18)24(25,26)27/h5-8,12H,9-11,28H2,1-4H3,(H,29,34). The summed E-state index contributed by atoms with van der Waals surface area (Å²) in [6, 6.07) is 4.81. The minimum Gasteiger partial charge on any atom is -0.494 e. The van der Waals surface area contributed by atoms with Gasteiger partial charge in [0.25, 0.3) is 5.91 Å². The Hall–Kier alpha value is -3.87. The zero-order valence-corrected chi connectivity index (χ0v) is 20.6. The highest BCUT2D eigenvalue weighted by Crippen LogP contribution is 2.37. The van der Waals surface area contributed by atoms with E-state index in [0.717, 1.165) is 6.07 Å². The van der Waals surface area contributed by atoms with E-state index < -0.39 is 29.5 Å². The molecule has 4 rings (SSSR count). The number of benzene rings is 1. The highest BCUT2D eigenvalue weighted by Gasteiger charge is 2.36. The van der Waals surface area contributed by atoms with Crippen molar-refractivity contribution in [2.45, 2.75) is 45.1 Å². The highest BCUT2D eigenvalue weighted by atomic mass is 19.4. The van der Waals surface area contributed by atoms with Crippen LogP contribution in [-0.4, -0.2) is 58.7 Å². The number of methoxy groups -OCH3 is 1. The van der Waals surface area contributed by atoms with Gasteiger partial charge < -0.3 is 29.8 Å². The van der Waals surface area contributed by atoms with Crippen LogP contribution in [0.15, 0.2) is 28.7 Å². The van der Waals surface area contributed by atoms with E-state index in [2.05, 4.69) is 15.3 Å². The number of nitrogens with zero attached hydrogens (tertiary/aromatic N) is 3. The fourth-order valence-electron chi connectivity index (χ4n) is 3.83. The Balaban J connectivity index is 1.59. The maximum absolute atomic E-state index is 13.2. The molecule has 37 heavy (non-hydrogen) atoms. The third-order valence-corrected chi connectivity index (χ3v) is 5.54. The van der Waals surface area contributed by atoms with E-state index in [9.17, 15) is 22.8 Å². The summed E-state index contributed by atoms with van der Waals surface area (Å²) in [5.41, 5.74) is 4.33. The first-order valence-corrected chi connectivity index (χ1v) is 11.3. The quantitative estimate of drug-likeness (QED) is 0.519. The third kappa shape index (κ3) is 5.45. The van der Waals surface area contributed by atoms with Gasteiger partial charge in [0.1, 0.15) is 22.6 Å². The fraction of sp³-hybridized carbons (Fsp3) is 0.417. The number of oxazole rings is 1. The van der Waals surface area contributed by atoms with Gasteiger partial charge in [0, 0.05) is 24.0 Å². The Morgan fingerprint density at radius 1 is 1.16 bits per heavy atom. The van der Waals surface area contributed by atoms with Gasteiger partial charge in [-0.2, -0.15) is 13.2 Å². The number of halogens is 3. The van der Waals surface area contributed by atoms with Gasteiger partial charge in [-0.3, -0.25) is 4.79 Å². The number of ether oxygens (including phenoxy) is 2. The zero-order chi connectivity index (χ0) is 27.1. The van der Waals surface area contributed by atoms with E-state index in [1.807, 2.05) is 0 Å². The number of nitrogens with one attached hydrogen (secondary N) is 1. The van der Waals surface area contributed by atoms with Crippen LogP contribution in [0.5, 0.6) is 5.75 Å². The van der Waals surface area contributed by atoms with Gasteiger partial charge in [0.2, 0.25) is 5.89 Å². The molecule has 3 aromatic rings. The van der Waals surface area contributed by atoms with Gasteiger partial charge in [0.15, 0.2) is 11.5 Å². The number of nitrogens with two attached hydrogens (primary N) is 1. The molecule has 3 N–H and O–H groups in total. The molecule has 0 bridgehead atoms. The lowest BCUT2D eigenvalue weighted by Crippen LogP contribution is -2.61. The first-order valence-electron chi connectivity index (χ1n) is 11.3. The van der Waals surface area contributed by atoms with Crippen molar-refractivity contribution in [1.29, 1.82) is 0 Å². The van der Waals surface area contributed by atoms with Crippen LogP contribution < -0.4 is 15.8 Å². The van der Waals surface area contributed by atoms with Crippen molar-refractivity contribution in [2.75, 3.05) is 20.2 Å². The molecule has 13 heteroatoms. The lowest BCUT2D eigenvalue weighted by Gasteiger charge is -2.39. The minimum absolute atomic E-state index is 0.00182. The number of alkyl halides is 3.